The van der Waals surface area contributed by atoms with Crippen LogP contribution in [0.25, 0.3) is 0 Å². The predicted octanol–water partition coefficient (Wildman–Crippen LogP) is 3.36. The minimum Gasteiger partial charge on any atom is -0.357 e. The first kappa shape index (κ1) is 18.4. The van der Waals surface area contributed by atoms with Gasteiger partial charge in [-0.05, 0) is 56.4 Å². The molecule has 0 spiro atoms. The first-order chi connectivity index (χ1) is 12.6. The van der Waals surface area contributed by atoms with Crippen molar-refractivity contribution in [1.82, 2.24) is 15.6 Å². The molecule has 1 fully saturated rings. The van der Waals surface area contributed by atoms with Gasteiger partial charge in [-0.2, -0.15) is 0 Å². The molecule has 1 aliphatic rings. The molecule has 1 aliphatic carbocycles. The average molecular weight is 354 g/mol. The van der Waals surface area contributed by atoms with Crippen molar-refractivity contribution in [3.63, 3.8) is 0 Å². The Morgan fingerprint density at radius 1 is 1.19 bits per heavy atom. The van der Waals surface area contributed by atoms with Crippen molar-refractivity contribution >= 4 is 5.96 Å². The number of aryl methyl sites for hydroxylation is 1. The lowest BCUT2D eigenvalue weighted by atomic mass is 9.95. The zero-order valence-electron chi connectivity index (χ0n) is 15.6. The standard InChI is InChI=1S/C21H27FN4/c1-3-23-20(24-13-10-17-9-8-16(2)25-14-17)26-15-21(11-12-21)18-6-4-5-7-19(18)22/h4-9,14H,3,10-13,15H2,1-2H3,(H2,23,24,26). The van der Waals surface area contributed by atoms with Crippen molar-refractivity contribution in [2.45, 2.75) is 38.5 Å². The van der Waals surface area contributed by atoms with Gasteiger partial charge < -0.3 is 10.6 Å². The molecule has 3 rings (SSSR count). The fraction of sp³-hybridized carbons (Fsp3) is 0.429. The van der Waals surface area contributed by atoms with Crippen molar-refractivity contribution in [1.29, 1.82) is 0 Å². The zero-order valence-corrected chi connectivity index (χ0v) is 15.6. The van der Waals surface area contributed by atoms with Gasteiger partial charge in [-0.3, -0.25) is 9.98 Å². The van der Waals surface area contributed by atoms with Crippen molar-refractivity contribution in [2.75, 3.05) is 19.6 Å². The highest BCUT2D eigenvalue weighted by Gasteiger charge is 2.45. The van der Waals surface area contributed by atoms with Crippen molar-refractivity contribution < 1.29 is 4.39 Å². The molecule has 0 saturated heterocycles. The minimum atomic E-state index is -0.130. The maximum absolute atomic E-state index is 14.1. The van der Waals surface area contributed by atoms with Crippen molar-refractivity contribution in [3.05, 3.63) is 65.2 Å². The molecule has 4 nitrogen and oxygen atoms in total. The summed E-state index contributed by atoms with van der Waals surface area (Å²) in [6.07, 6.45) is 4.78. The van der Waals surface area contributed by atoms with Gasteiger partial charge in [0.2, 0.25) is 0 Å². The molecule has 2 aromatic rings. The molecule has 0 atom stereocenters. The molecule has 5 heteroatoms. The SMILES string of the molecule is CCNC(=NCC1(c2ccccc2F)CC1)NCCc1ccc(C)nc1. The Balaban J connectivity index is 1.59. The molecule has 1 aromatic heterocycles. The molecule has 1 saturated carbocycles. The van der Waals surface area contributed by atoms with Crippen LogP contribution in [0.5, 0.6) is 0 Å². The highest BCUT2D eigenvalue weighted by atomic mass is 19.1. The summed E-state index contributed by atoms with van der Waals surface area (Å²) in [4.78, 5) is 9.05. The molecular weight excluding hydrogens is 327 g/mol. The van der Waals surface area contributed by atoms with Gasteiger partial charge in [0, 0.05) is 30.4 Å². The van der Waals surface area contributed by atoms with Crippen LogP contribution >= 0.6 is 0 Å². The van der Waals surface area contributed by atoms with E-state index in [9.17, 15) is 4.39 Å². The lowest BCUT2D eigenvalue weighted by molar-refractivity contribution is 0.572. The summed E-state index contributed by atoms with van der Waals surface area (Å²) in [5.41, 5.74) is 2.89. The van der Waals surface area contributed by atoms with E-state index in [1.165, 1.54) is 11.6 Å². The number of hydrogen-bond acceptors (Lipinski definition) is 2. The number of aliphatic imine (C=N–C) groups is 1. The van der Waals surface area contributed by atoms with Crippen LogP contribution in [0.4, 0.5) is 4.39 Å². The lowest BCUT2D eigenvalue weighted by Gasteiger charge is -2.16. The molecule has 1 aromatic carbocycles. The van der Waals surface area contributed by atoms with E-state index in [-0.39, 0.29) is 11.2 Å². The van der Waals surface area contributed by atoms with Crippen LogP contribution in [-0.2, 0) is 11.8 Å². The maximum Gasteiger partial charge on any atom is 0.191 e. The average Bonchev–Trinajstić information content (AvgIpc) is 3.43. The summed E-state index contributed by atoms with van der Waals surface area (Å²) in [6, 6.07) is 11.2. The first-order valence-corrected chi connectivity index (χ1v) is 9.32. The number of halogens is 1. The largest absolute Gasteiger partial charge is 0.357 e. The summed E-state index contributed by atoms with van der Waals surface area (Å²) in [6.45, 7) is 6.22. The van der Waals surface area contributed by atoms with E-state index in [1.54, 1.807) is 6.07 Å². The molecular formula is C21H27FN4. The van der Waals surface area contributed by atoms with Crippen LogP contribution < -0.4 is 10.6 Å². The Labute approximate surface area is 155 Å². The van der Waals surface area contributed by atoms with Gasteiger partial charge in [0.1, 0.15) is 5.82 Å². The summed E-state index contributed by atoms with van der Waals surface area (Å²) < 4.78 is 14.1. The summed E-state index contributed by atoms with van der Waals surface area (Å²) in [5, 5.41) is 6.64. The quantitative estimate of drug-likeness (QED) is 0.592. The number of aromatic nitrogens is 1. The van der Waals surface area contributed by atoms with E-state index in [4.69, 9.17) is 4.99 Å². The smallest absolute Gasteiger partial charge is 0.191 e. The number of nitrogens with zero attached hydrogens (tertiary/aromatic N) is 2. The van der Waals surface area contributed by atoms with Gasteiger partial charge in [0.15, 0.2) is 5.96 Å². The minimum absolute atomic E-state index is 0.120. The third-order valence-corrected chi connectivity index (χ3v) is 4.86. The van der Waals surface area contributed by atoms with E-state index < -0.39 is 0 Å². The van der Waals surface area contributed by atoms with Gasteiger partial charge in [-0.1, -0.05) is 24.3 Å². The summed E-state index contributed by atoms with van der Waals surface area (Å²) in [5.74, 6) is 0.667. The molecule has 1 heterocycles. The van der Waals surface area contributed by atoms with Gasteiger partial charge >= 0.3 is 0 Å². The third-order valence-electron chi connectivity index (χ3n) is 4.86. The van der Waals surface area contributed by atoms with Gasteiger partial charge in [0.25, 0.3) is 0 Å². The number of rotatable bonds is 7. The normalized spacial score (nSPS) is 15.6. The van der Waals surface area contributed by atoms with Gasteiger partial charge in [-0.15, -0.1) is 0 Å². The van der Waals surface area contributed by atoms with Crippen LogP contribution in [0.2, 0.25) is 0 Å². The second-order valence-corrected chi connectivity index (χ2v) is 6.94. The van der Waals surface area contributed by atoms with E-state index in [0.717, 1.165) is 49.6 Å². The predicted molar refractivity (Wildman–Crippen MR) is 104 cm³/mol. The fourth-order valence-corrected chi connectivity index (χ4v) is 3.10. The molecule has 0 aliphatic heterocycles. The molecule has 0 radical (unpaired) electrons. The Hall–Kier alpha value is -2.43. The van der Waals surface area contributed by atoms with E-state index in [0.29, 0.717) is 6.54 Å². The monoisotopic (exact) mass is 354 g/mol. The van der Waals surface area contributed by atoms with Gasteiger partial charge in [-0.25, -0.2) is 4.39 Å². The first-order valence-electron chi connectivity index (χ1n) is 9.32. The molecule has 26 heavy (non-hydrogen) atoms. The topological polar surface area (TPSA) is 49.3 Å². The van der Waals surface area contributed by atoms with Gasteiger partial charge in [0.05, 0.1) is 6.54 Å². The van der Waals surface area contributed by atoms with Crippen LogP contribution in [0.15, 0.2) is 47.6 Å². The van der Waals surface area contributed by atoms with Crippen molar-refractivity contribution in [2.24, 2.45) is 4.99 Å². The highest BCUT2D eigenvalue weighted by molar-refractivity contribution is 5.79. The molecule has 2 N–H and O–H groups in total. The second kappa shape index (κ2) is 8.30. The van der Waals surface area contributed by atoms with E-state index in [1.807, 2.05) is 38.2 Å². The molecule has 138 valence electrons. The zero-order chi connectivity index (χ0) is 18.4. The molecule has 0 amide bonds. The molecule has 0 unspecified atom stereocenters. The van der Waals surface area contributed by atoms with Crippen LogP contribution in [0.1, 0.15) is 36.6 Å². The maximum atomic E-state index is 14.1. The van der Waals surface area contributed by atoms with Crippen molar-refractivity contribution in [3.8, 4) is 0 Å². The number of hydrogen-bond donors (Lipinski definition) is 2. The molecule has 0 bridgehead atoms. The number of pyridine rings is 1. The van der Waals surface area contributed by atoms with Crippen LogP contribution in [-0.4, -0.2) is 30.6 Å². The fourth-order valence-electron chi connectivity index (χ4n) is 3.10. The van der Waals surface area contributed by atoms with E-state index >= 15 is 0 Å². The summed E-state index contributed by atoms with van der Waals surface area (Å²) in [7, 11) is 0. The number of guanidine groups is 1. The number of benzene rings is 1. The number of nitrogens with one attached hydrogen (secondary N) is 2. The van der Waals surface area contributed by atoms with Crippen LogP contribution in [0.3, 0.4) is 0 Å². The van der Waals surface area contributed by atoms with E-state index in [2.05, 4.69) is 21.7 Å². The second-order valence-electron chi connectivity index (χ2n) is 6.94. The lowest BCUT2D eigenvalue weighted by Crippen LogP contribution is -2.39. The third kappa shape index (κ3) is 4.59. The van der Waals surface area contributed by atoms with Crippen LogP contribution in [0, 0.1) is 12.7 Å². The Kier molecular flexibility index (Phi) is 5.86. The Bertz CT molecular complexity index is 751. The Morgan fingerprint density at radius 3 is 2.65 bits per heavy atom. The highest BCUT2D eigenvalue weighted by Crippen LogP contribution is 2.49. The Morgan fingerprint density at radius 2 is 2.00 bits per heavy atom. The summed E-state index contributed by atoms with van der Waals surface area (Å²) >= 11 is 0.